The maximum absolute atomic E-state index is 12.5. The Morgan fingerprint density at radius 1 is 1.22 bits per heavy atom. The molecule has 1 atom stereocenters. The molecule has 0 spiro atoms. The molecule has 0 amide bonds. The molecular weight excluding hydrogens is 418 g/mol. The second kappa shape index (κ2) is 8.06. The van der Waals surface area contributed by atoms with E-state index >= 15 is 0 Å². The van der Waals surface area contributed by atoms with Gasteiger partial charge in [0.25, 0.3) is 0 Å². The van der Waals surface area contributed by atoms with E-state index in [1.54, 1.807) is 0 Å². The van der Waals surface area contributed by atoms with Gasteiger partial charge in [-0.05, 0) is 60.9 Å². The summed E-state index contributed by atoms with van der Waals surface area (Å²) in [6.07, 6.45) is 3.58. The van der Waals surface area contributed by atoms with Gasteiger partial charge < -0.3 is 4.57 Å². The van der Waals surface area contributed by atoms with E-state index in [0.717, 1.165) is 52.5 Å². The molecule has 2 aromatic carbocycles. The molecule has 6 heteroatoms. The molecule has 0 radical (unpaired) electrons. The number of aromatic nitrogens is 1. The zero-order valence-electron chi connectivity index (χ0n) is 19.4. The summed E-state index contributed by atoms with van der Waals surface area (Å²) in [5.41, 5.74) is 5.74. The predicted octanol–water partition coefficient (Wildman–Crippen LogP) is 5.68. The third-order valence-electron chi connectivity index (χ3n) is 6.01. The maximum Gasteiger partial charge on any atom is 0.215 e. The lowest BCUT2D eigenvalue weighted by atomic mass is 9.94. The van der Waals surface area contributed by atoms with Gasteiger partial charge >= 0.3 is 0 Å². The summed E-state index contributed by atoms with van der Waals surface area (Å²) in [5, 5.41) is 10.4. The fraction of sp³-hybridized carbons (Fsp3) is 0.423. The van der Waals surface area contributed by atoms with Crippen molar-refractivity contribution in [3.05, 3.63) is 59.3 Å². The van der Waals surface area contributed by atoms with Gasteiger partial charge in [-0.15, -0.1) is 0 Å². The Labute approximate surface area is 191 Å². The summed E-state index contributed by atoms with van der Waals surface area (Å²) in [4.78, 5) is 0. The van der Waals surface area contributed by atoms with Crippen LogP contribution in [0.1, 0.15) is 63.3 Å². The smallest absolute Gasteiger partial charge is 0.215 e. The lowest BCUT2D eigenvalue weighted by molar-refractivity contribution is 0.349. The molecule has 1 aliphatic rings. The fourth-order valence-electron chi connectivity index (χ4n) is 4.39. The van der Waals surface area contributed by atoms with Crippen LogP contribution in [-0.2, 0) is 16.6 Å². The van der Waals surface area contributed by atoms with Gasteiger partial charge in [0.05, 0.1) is 16.9 Å². The van der Waals surface area contributed by atoms with Gasteiger partial charge in [0.15, 0.2) is 0 Å². The second-order valence-electron chi connectivity index (χ2n) is 10.2. The van der Waals surface area contributed by atoms with E-state index in [-0.39, 0.29) is 16.7 Å². The number of fused-ring (bicyclic) bond motifs is 1. The highest BCUT2D eigenvalue weighted by Gasteiger charge is 2.37. The van der Waals surface area contributed by atoms with Crippen LogP contribution < -0.4 is 4.72 Å². The lowest BCUT2D eigenvalue weighted by Gasteiger charge is -2.20. The maximum atomic E-state index is 12.5. The fourth-order valence-corrected chi connectivity index (χ4v) is 5.96. The summed E-state index contributed by atoms with van der Waals surface area (Å²) in [5.74, 6) is 0. The molecule has 1 fully saturated rings. The lowest BCUT2D eigenvalue weighted by Crippen LogP contribution is -2.29. The van der Waals surface area contributed by atoms with Crippen LogP contribution in [0.4, 0.5) is 0 Å². The molecule has 1 aliphatic carbocycles. The predicted molar refractivity (Wildman–Crippen MR) is 130 cm³/mol. The van der Waals surface area contributed by atoms with Crippen LogP contribution in [0, 0.1) is 23.7 Å². The van der Waals surface area contributed by atoms with Crippen molar-refractivity contribution < 1.29 is 8.42 Å². The first-order chi connectivity index (χ1) is 15.0. The van der Waals surface area contributed by atoms with Crippen LogP contribution in [-0.4, -0.2) is 18.2 Å². The van der Waals surface area contributed by atoms with E-state index in [2.05, 4.69) is 54.5 Å². The molecule has 3 aromatic rings. The number of hydrogen-bond donors (Lipinski definition) is 1. The highest BCUT2D eigenvalue weighted by atomic mass is 32.2. The molecule has 0 saturated heterocycles. The summed E-state index contributed by atoms with van der Waals surface area (Å²) in [6.45, 7) is 11.3. The van der Waals surface area contributed by atoms with Crippen LogP contribution >= 0.6 is 0 Å². The molecule has 32 heavy (non-hydrogen) atoms. The number of nitriles is 1. The van der Waals surface area contributed by atoms with Crippen molar-refractivity contribution in [2.24, 2.45) is 5.41 Å². The molecule has 1 N–H and O–H groups in total. The second-order valence-corrected chi connectivity index (χ2v) is 12.2. The van der Waals surface area contributed by atoms with Crippen molar-refractivity contribution in [1.82, 2.24) is 9.29 Å². The number of hydrogen-bond acceptors (Lipinski definition) is 3. The minimum atomic E-state index is -3.29. The van der Waals surface area contributed by atoms with Gasteiger partial charge in [-0.2, -0.15) is 5.26 Å². The van der Waals surface area contributed by atoms with Crippen molar-refractivity contribution in [2.45, 2.75) is 65.3 Å². The van der Waals surface area contributed by atoms with E-state index < -0.39 is 10.0 Å². The van der Waals surface area contributed by atoms with E-state index in [9.17, 15) is 13.7 Å². The highest BCUT2D eigenvalue weighted by molar-refractivity contribution is 7.90. The molecule has 0 unspecified atom stereocenters. The average molecular weight is 450 g/mol. The molecular formula is C26H31N3O2S. The molecule has 0 aliphatic heterocycles. The Balaban J connectivity index is 1.85. The normalized spacial score (nSPS) is 15.6. The number of nitrogens with zero attached hydrogens (tertiary/aromatic N) is 2. The van der Waals surface area contributed by atoms with Crippen molar-refractivity contribution in [3.63, 3.8) is 0 Å². The van der Waals surface area contributed by atoms with Crippen LogP contribution in [0.3, 0.4) is 0 Å². The number of benzene rings is 2. The molecule has 168 valence electrons. The first-order valence-electron chi connectivity index (χ1n) is 11.1. The third kappa shape index (κ3) is 4.46. The van der Waals surface area contributed by atoms with Crippen LogP contribution in [0.25, 0.3) is 22.0 Å². The largest absolute Gasteiger partial charge is 0.347 e. The monoisotopic (exact) mass is 449 g/mol. The SMILES string of the molecule is Cc1cccc(C#N)c1-c1ccc2c([C@@H](C)NS(=O)(=O)C3CC3)cn(CC(C)(C)C)c2c1. The third-order valence-corrected chi connectivity index (χ3v) is 8.04. The minimum absolute atomic E-state index is 0.0520. The number of sulfonamides is 1. The summed E-state index contributed by atoms with van der Waals surface area (Å²) in [7, 11) is -3.29. The first kappa shape index (κ1) is 22.6. The Kier molecular flexibility index (Phi) is 5.68. The zero-order chi connectivity index (χ0) is 23.3. The standard InChI is InChI=1S/C26H31N3O2S/c1-17-7-6-8-20(14-27)25(17)19-9-12-22-23(18(2)28-32(30,31)21-10-11-21)15-29(24(22)13-19)16-26(3,4)5/h6-9,12-13,15,18,21,28H,10-11,16H2,1-5H3/t18-/m1/s1. The van der Waals surface area contributed by atoms with Crippen molar-refractivity contribution in [2.75, 3.05) is 0 Å². The zero-order valence-corrected chi connectivity index (χ0v) is 20.3. The Morgan fingerprint density at radius 2 is 1.94 bits per heavy atom. The first-order valence-corrected chi connectivity index (χ1v) is 12.7. The van der Waals surface area contributed by atoms with E-state index in [1.807, 2.05) is 38.1 Å². The van der Waals surface area contributed by atoms with Gasteiger partial charge in [0, 0.05) is 35.2 Å². The van der Waals surface area contributed by atoms with Gasteiger partial charge in [-0.25, -0.2) is 13.1 Å². The Morgan fingerprint density at radius 3 is 2.56 bits per heavy atom. The van der Waals surface area contributed by atoms with Gasteiger partial charge in [-0.3, -0.25) is 0 Å². The highest BCUT2D eigenvalue weighted by Crippen LogP contribution is 2.36. The summed E-state index contributed by atoms with van der Waals surface area (Å²) >= 11 is 0. The number of nitrogens with one attached hydrogen (secondary N) is 1. The van der Waals surface area contributed by atoms with E-state index in [1.165, 1.54) is 0 Å². The van der Waals surface area contributed by atoms with Gasteiger partial charge in [0.2, 0.25) is 10.0 Å². The van der Waals surface area contributed by atoms with Crippen molar-refractivity contribution >= 4 is 20.9 Å². The Bertz CT molecular complexity index is 1320. The summed E-state index contributed by atoms with van der Waals surface area (Å²) in [6, 6.07) is 14.0. The summed E-state index contributed by atoms with van der Waals surface area (Å²) < 4.78 is 30.2. The van der Waals surface area contributed by atoms with Crippen molar-refractivity contribution in [3.8, 4) is 17.2 Å². The number of rotatable bonds is 6. The quantitative estimate of drug-likeness (QED) is 0.526. The topological polar surface area (TPSA) is 74.9 Å². The van der Waals surface area contributed by atoms with Crippen molar-refractivity contribution in [1.29, 1.82) is 5.26 Å². The molecule has 5 nitrogen and oxygen atoms in total. The molecule has 1 heterocycles. The molecule has 1 aromatic heterocycles. The Hall–Kier alpha value is -2.62. The molecule has 0 bridgehead atoms. The molecule has 4 rings (SSSR count). The van der Waals surface area contributed by atoms with E-state index in [4.69, 9.17) is 0 Å². The van der Waals surface area contributed by atoms with Gasteiger partial charge in [0.1, 0.15) is 0 Å². The van der Waals surface area contributed by atoms with Crippen LogP contribution in [0.15, 0.2) is 42.6 Å². The van der Waals surface area contributed by atoms with Crippen LogP contribution in [0.5, 0.6) is 0 Å². The number of aryl methyl sites for hydroxylation is 1. The minimum Gasteiger partial charge on any atom is -0.347 e. The van der Waals surface area contributed by atoms with E-state index in [0.29, 0.717) is 5.56 Å². The average Bonchev–Trinajstić information content (AvgIpc) is 3.51. The van der Waals surface area contributed by atoms with Gasteiger partial charge in [-0.1, -0.05) is 45.0 Å². The van der Waals surface area contributed by atoms with Crippen LogP contribution in [0.2, 0.25) is 0 Å². The molecule has 1 saturated carbocycles.